The van der Waals surface area contributed by atoms with Gasteiger partial charge in [0.2, 0.25) is 0 Å². The number of Topliss-reactive ketones (excluding diaryl/α,β-unsaturated/α-hetero) is 1. The van der Waals surface area contributed by atoms with Crippen LogP contribution >= 0.6 is 11.3 Å². The number of aryl methyl sites for hydroxylation is 2. The van der Waals surface area contributed by atoms with Crippen molar-refractivity contribution in [1.29, 1.82) is 0 Å². The van der Waals surface area contributed by atoms with Crippen molar-refractivity contribution in [3.8, 4) is 11.5 Å². The maximum absolute atomic E-state index is 13.5. The predicted molar refractivity (Wildman–Crippen MR) is 163 cm³/mol. The van der Waals surface area contributed by atoms with E-state index in [-0.39, 0.29) is 27.9 Å². The number of ether oxygens (including phenoxy) is 3. The number of rotatable bonds is 9. The number of benzene rings is 3. The molecule has 0 aliphatic carbocycles. The van der Waals surface area contributed by atoms with Gasteiger partial charge in [-0.15, -0.1) is 0 Å². The lowest BCUT2D eigenvalue weighted by Gasteiger charge is -2.23. The van der Waals surface area contributed by atoms with E-state index in [2.05, 4.69) is 4.98 Å². The highest BCUT2D eigenvalue weighted by atomic mass is 32.1. The molecule has 3 aromatic carbocycles. The molecule has 1 fully saturated rings. The maximum Gasteiger partial charge on any atom is 0.350 e. The highest BCUT2D eigenvalue weighted by Gasteiger charge is 2.48. The summed E-state index contributed by atoms with van der Waals surface area (Å²) in [5.74, 6) is -1.60. The topological polar surface area (TPSA) is 115 Å². The largest absolute Gasteiger partial charge is 0.507 e. The normalized spacial score (nSPS) is 15.9. The SMILES string of the molecule is CCOC(=O)c1sc(N2C(=O)C(=O)C(=C(O)c3ccc(OCc4cccc(C)c4)cc3)C2c2cccc(OC)c2)nc1C. The molecule has 1 aliphatic rings. The molecule has 1 unspecified atom stereocenters. The third kappa shape index (κ3) is 6.00. The van der Waals surface area contributed by atoms with Crippen LogP contribution in [0, 0.1) is 13.8 Å². The van der Waals surface area contributed by atoms with Crippen LogP contribution in [0.2, 0.25) is 0 Å². The Morgan fingerprint density at radius 3 is 2.44 bits per heavy atom. The van der Waals surface area contributed by atoms with Crippen molar-refractivity contribution in [2.75, 3.05) is 18.6 Å². The van der Waals surface area contributed by atoms with Gasteiger partial charge in [-0.2, -0.15) is 0 Å². The summed E-state index contributed by atoms with van der Waals surface area (Å²) in [5.41, 5.74) is 3.26. The zero-order valence-electron chi connectivity index (χ0n) is 24.1. The summed E-state index contributed by atoms with van der Waals surface area (Å²) in [4.78, 5) is 45.5. The third-order valence-corrected chi connectivity index (χ3v) is 8.06. The minimum absolute atomic E-state index is 0.114. The molecule has 9 nitrogen and oxygen atoms in total. The molecule has 1 aliphatic heterocycles. The summed E-state index contributed by atoms with van der Waals surface area (Å²) in [5, 5.41) is 11.6. The summed E-state index contributed by atoms with van der Waals surface area (Å²) in [6.07, 6.45) is 0. The van der Waals surface area contributed by atoms with Gasteiger partial charge >= 0.3 is 11.9 Å². The van der Waals surface area contributed by atoms with Crippen LogP contribution in [0.3, 0.4) is 0 Å². The Hall–Kier alpha value is -4.96. The van der Waals surface area contributed by atoms with E-state index in [0.717, 1.165) is 22.5 Å². The number of carbonyl (C=O) groups excluding carboxylic acids is 3. The fourth-order valence-electron chi connectivity index (χ4n) is 4.86. The fourth-order valence-corrected chi connectivity index (χ4v) is 5.85. The first-order chi connectivity index (χ1) is 20.7. The number of hydrogen-bond donors (Lipinski definition) is 1. The highest BCUT2D eigenvalue weighted by molar-refractivity contribution is 7.17. The number of hydrogen-bond acceptors (Lipinski definition) is 9. The zero-order chi connectivity index (χ0) is 30.7. The highest BCUT2D eigenvalue weighted by Crippen LogP contribution is 2.44. The van der Waals surface area contributed by atoms with Gasteiger partial charge in [0, 0.05) is 5.56 Å². The van der Waals surface area contributed by atoms with Crippen molar-refractivity contribution in [3.05, 3.63) is 111 Å². The first kappa shape index (κ1) is 29.5. The van der Waals surface area contributed by atoms with Crippen LogP contribution in [0.4, 0.5) is 5.13 Å². The number of methoxy groups -OCH3 is 1. The van der Waals surface area contributed by atoms with E-state index in [1.54, 1.807) is 62.4 Å². The molecule has 0 bridgehead atoms. The van der Waals surface area contributed by atoms with Gasteiger partial charge in [-0.1, -0.05) is 53.3 Å². The number of aliphatic hydroxyl groups excluding tert-OH is 1. The number of anilines is 1. The first-order valence-electron chi connectivity index (χ1n) is 13.6. The second-order valence-corrected chi connectivity index (χ2v) is 10.9. The molecule has 1 atom stereocenters. The van der Waals surface area contributed by atoms with E-state index >= 15 is 0 Å². The van der Waals surface area contributed by atoms with Crippen molar-refractivity contribution < 1.29 is 33.7 Å². The number of nitrogens with zero attached hydrogens (tertiary/aromatic N) is 2. The number of carbonyl (C=O) groups is 3. The Bertz CT molecular complexity index is 1730. The molecule has 43 heavy (non-hydrogen) atoms. The van der Waals surface area contributed by atoms with Crippen molar-refractivity contribution in [3.63, 3.8) is 0 Å². The van der Waals surface area contributed by atoms with Gasteiger partial charge in [0.1, 0.15) is 28.7 Å². The van der Waals surface area contributed by atoms with E-state index in [1.165, 1.54) is 12.0 Å². The molecule has 0 saturated carbocycles. The van der Waals surface area contributed by atoms with Gasteiger partial charge in [0.25, 0.3) is 5.78 Å². The minimum Gasteiger partial charge on any atom is -0.507 e. The predicted octanol–water partition coefficient (Wildman–Crippen LogP) is 6.15. The van der Waals surface area contributed by atoms with Crippen LogP contribution in [0.5, 0.6) is 11.5 Å². The summed E-state index contributed by atoms with van der Waals surface area (Å²) in [6.45, 7) is 5.88. The number of esters is 1. The molecule has 5 rings (SSSR count). The lowest BCUT2D eigenvalue weighted by Crippen LogP contribution is -2.29. The summed E-state index contributed by atoms with van der Waals surface area (Å²) < 4.78 is 16.4. The Balaban J connectivity index is 1.54. The zero-order valence-corrected chi connectivity index (χ0v) is 24.9. The van der Waals surface area contributed by atoms with Gasteiger partial charge in [0.15, 0.2) is 5.13 Å². The van der Waals surface area contributed by atoms with E-state index < -0.39 is 23.7 Å². The molecule has 1 N–H and O–H groups in total. The molecule has 220 valence electrons. The summed E-state index contributed by atoms with van der Waals surface area (Å²) in [6, 6.07) is 20.5. The second kappa shape index (κ2) is 12.5. The van der Waals surface area contributed by atoms with Crippen LogP contribution in [0.1, 0.15) is 50.6 Å². The molecular formula is C33H30N2O7S. The molecule has 2 heterocycles. The second-order valence-electron chi connectivity index (χ2n) is 9.88. The number of thiazole rings is 1. The maximum atomic E-state index is 13.5. The average molecular weight is 599 g/mol. The Kier molecular flexibility index (Phi) is 8.58. The van der Waals surface area contributed by atoms with Crippen molar-refractivity contribution in [2.45, 2.75) is 33.4 Å². The van der Waals surface area contributed by atoms with Crippen LogP contribution in [-0.2, 0) is 20.9 Å². The Morgan fingerprint density at radius 2 is 1.74 bits per heavy atom. The fraction of sp³-hybridized carbons (Fsp3) is 0.212. The third-order valence-electron chi connectivity index (χ3n) is 6.92. The number of ketones is 1. The van der Waals surface area contributed by atoms with Gasteiger partial charge in [-0.25, -0.2) is 9.78 Å². The van der Waals surface area contributed by atoms with Gasteiger partial charge < -0.3 is 19.3 Å². The van der Waals surface area contributed by atoms with Crippen molar-refractivity contribution in [1.82, 2.24) is 4.98 Å². The van der Waals surface area contributed by atoms with Crippen LogP contribution in [-0.4, -0.2) is 41.5 Å². The average Bonchev–Trinajstić information content (AvgIpc) is 3.52. The van der Waals surface area contributed by atoms with Crippen LogP contribution in [0.15, 0.2) is 78.4 Å². The summed E-state index contributed by atoms with van der Waals surface area (Å²) >= 11 is 0.950. The minimum atomic E-state index is -1.03. The van der Waals surface area contributed by atoms with Gasteiger partial charge in [-0.05, 0) is 68.3 Å². The smallest absolute Gasteiger partial charge is 0.350 e. The van der Waals surface area contributed by atoms with Crippen molar-refractivity contribution >= 4 is 39.9 Å². The van der Waals surface area contributed by atoms with E-state index in [0.29, 0.717) is 34.9 Å². The monoisotopic (exact) mass is 598 g/mol. The molecule has 0 spiro atoms. The molecule has 1 saturated heterocycles. The first-order valence-corrected chi connectivity index (χ1v) is 14.4. The lowest BCUT2D eigenvalue weighted by molar-refractivity contribution is -0.132. The van der Waals surface area contributed by atoms with E-state index in [4.69, 9.17) is 14.2 Å². The molecule has 10 heteroatoms. The Morgan fingerprint density at radius 1 is 1.00 bits per heavy atom. The van der Waals surface area contributed by atoms with Gasteiger partial charge in [0.05, 0.1) is 31.0 Å². The van der Waals surface area contributed by atoms with E-state index in [9.17, 15) is 19.5 Å². The Labute approximate surface area is 253 Å². The number of aliphatic hydroxyl groups is 1. The summed E-state index contributed by atoms with van der Waals surface area (Å²) in [7, 11) is 1.51. The van der Waals surface area contributed by atoms with Crippen molar-refractivity contribution in [2.24, 2.45) is 0 Å². The lowest BCUT2D eigenvalue weighted by atomic mass is 9.95. The molecule has 1 aromatic heterocycles. The molecule has 0 radical (unpaired) electrons. The van der Waals surface area contributed by atoms with Crippen LogP contribution in [0.25, 0.3) is 5.76 Å². The number of aromatic nitrogens is 1. The number of amides is 1. The van der Waals surface area contributed by atoms with Crippen LogP contribution < -0.4 is 14.4 Å². The molecular weight excluding hydrogens is 568 g/mol. The molecule has 1 amide bonds. The standard InChI is InChI=1S/C33H30N2O7S/c1-5-41-32(39)30-20(3)34-33(43-30)35-27(23-10-7-11-25(17-23)40-4)26(29(37)31(35)38)28(36)22-12-14-24(15-13-22)42-18-21-9-6-8-19(2)16-21/h6-17,27,36H,5,18H2,1-4H3. The van der Waals surface area contributed by atoms with E-state index in [1.807, 2.05) is 31.2 Å². The quantitative estimate of drug-likeness (QED) is 0.106. The molecule has 4 aromatic rings. The van der Waals surface area contributed by atoms with Gasteiger partial charge in [-0.3, -0.25) is 14.5 Å².